The maximum Gasteiger partial charge on any atom is 0.229 e. The minimum Gasteiger partial charge on any atom is -0.326 e. The molecule has 26 heavy (non-hydrogen) atoms. The molecule has 1 N–H and O–H groups in total. The van der Waals surface area contributed by atoms with E-state index in [-0.39, 0.29) is 17.6 Å². The Bertz CT molecular complexity index is 918. The van der Waals surface area contributed by atoms with Gasteiger partial charge in [0.1, 0.15) is 17.5 Å². The number of benzene rings is 2. The van der Waals surface area contributed by atoms with Crippen LogP contribution in [-0.2, 0) is 11.3 Å². The molecule has 0 aliphatic carbocycles. The molecule has 1 amide bonds. The van der Waals surface area contributed by atoms with E-state index >= 15 is 0 Å². The number of amides is 1. The van der Waals surface area contributed by atoms with Crippen molar-refractivity contribution in [1.82, 2.24) is 14.8 Å². The molecule has 1 atom stereocenters. The van der Waals surface area contributed by atoms with Crippen LogP contribution >= 0.6 is 0 Å². The number of rotatable bonds is 5. The van der Waals surface area contributed by atoms with E-state index in [4.69, 9.17) is 0 Å². The topological polar surface area (TPSA) is 59.8 Å². The van der Waals surface area contributed by atoms with Crippen LogP contribution in [0.3, 0.4) is 0 Å². The largest absolute Gasteiger partial charge is 0.326 e. The van der Waals surface area contributed by atoms with Crippen molar-refractivity contribution in [3.63, 3.8) is 0 Å². The van der Waals surface area contributed by atoms with Gasteiger partial charge in [-0.25, -0.2) is 14.1 Å². The van der Waals surface area contributed by atoms with Crippen molar-refractivity contribution in [2.24, 2.45) is 5.92 Å². The van der Waals surface area contributed by atoms with Crippen LogP contribution in [0, 0.1) is 25.6 Å². The molecule has 0 aliphatic rings. The molecular weight excluding hydrogens is 331 g/mol. The monoisotopic (exact) mass is 352 g/mol. The zero-order valence-electron chi connectivity index (χ0n) is 15.0. The van der Waals surface area contributed by atoms with Gasteiger partial charge in [0.05, 0.1) is 12.5 Å². The number of hydrogen-bond acceptors (Lipinski definition) is 3. The van der Waals surface area contributed by atoms with E-state index in [1.165, 1.54) is 12.1 Å². The SMILES string of the molecule is Cc1nc(C)n(C[C@H](C)C(=O)Nc2ccc(-c3cccc(F)c3)cc2)n1. The van der Waals surface area contributed by atoms with Crippen molar-refractivity contribution in [3.8, 4) is 11.1 Å². The number of anilines is 1. The fraction of sp³-hybridized carbons (Fsp3) is 0.250. The summed E-state index contributed by atoms with van der Waals surface area (Å²) < 4.78 is 15.1. The van der Waals surface area contributed by atoms with E-state index in [2.05, 4.69) is 15.4 Å². The molecular formula is C20H21FN4O. The average Bonchev–Trinajstić information content (AvgIpc) is 2.92. The zero-order chi connectivity index (χ0) is 18.7. The predicted octanol–water partition coefficient (Wildman–Crippen LogP) is 3.98. The number of carbonyl (C=O) groups excluding carboxylic acids is 1. The summed E-state index contributed by atoms with van der Waals surface area (Å²) in [6, 6.07) is 13.8. The normalized spacial score (nSPS) is 12.0. The van der Waals surface area contributed by atoms with Gasteiger partial charge in [-0.2, -0.15) is 5.10 Å². The van der Waals surface area contributed by atoms with Gasteiger partial charge in [-0.05, 0) is 49.2 Å². The van der Waals surface area contributed by atoms with Gasteiger partial charge in [-0.1, -0.05) is 31.2 Å². The molecule has 0 fully saturated rings. The molecule has 1 heterocycles. The van der Waals surface area contributed by atoms with Crippen LogP contribution in [0.4, 0.5) is 10.1 Å². The van der Waals surface area contributed by atoms with E-state index in [1.807, 2.05) is 51.1 Å². The van der Waals surface area contributed by atoms with Gasteiger partial charge in [0.15, 0.2) is 0 Å². The predicted molar refractivity (Wildman–Crippen MR) is 99.1 cm³/mol. The van der Waals surface area contributed by atoms with Crippen molar-refractivity contribution < 1.29 is 9.18 Å². The first-order valence-electron chi connectivity index (χ1n) is 8.47. The maximum atomic E-state index is 13.3. The summed E-state index contributed by atoms with van der Waals surface area (Å²) >= 11 is 0. The van der Waals surface area contributed by atoms with Crippen molar-refractivity contribution in [2.45, 2.75) is 27.3 Å². The Balaban J connectivity index is 1.64. The lowest BCUT2D eigenvalue weighted by Gasteiger charge is -2.13. The molecule has 2 aromatic carbocycles. The second kappa shape index (κ2) is 7.47. The van der Waals surface area contributed by atoms with Crippen LogP contribution < -0.4 is 5.32 Å². The van der Waals surface area contributed by atoms with E-state index < -0.39 is 0 Å². The molecule has 0 saturated heterocycles. The number of nitrogens with zero attached hydrogens (tertiary/aromatic N) is 3. The van der Waals surface area contributed by atoms with Gasteiger partial charge < -0.3 is 5.32 Å². The Morgan fingerprint density at radius 3 is 2.50 bits per heavy atom. The summed E-state index contributed by atoms with van der Waals surface area (Å²) in [6.45, 7) is 6.02. The fourth-order valence-electron chi connectivity index (χ4n) is 2.76. The van der Waals surface area contributed by atoms with E-state index in [0.717, 1.165) is 17.0 Å². The summed E-state index contributed by atoms with van der Waals surface area (Å²) in [6.07, 6.45) is 0. The van der Waals surface area contributed by atoms with Crippen molar-refractivity contribution in [3.05, 3.63) is 66.0 Å². The number of halogens is 1. The number of aromatic nitrogens is 3. The summed E-state index contributed by atoms with van der Waals surface area (Å²) in [5.41, 5.74) is 2.39. The molecule has 3 aromatic rings. The fourth-order valence-corrected chi connectivity index (χ4v) is 2.76. The van der Waals surface area contributed by atoms with Crippen LogP contribution in [0.25, 0.3) is 11.1 Å². The Morgan fingerprint density at radius 2 is 1.88 bits per heavy atom. The van der Waals surface area contributed by atoms with Gasteiger partial charge >= 0.3 is 0 Å². The van der Waals surface area contributed by atoms with E-state index in [1.54, 1.807) is 10.7 Å². The van der Waals surface area contributed by atoms with Gasteiger partial charge in [0.2, 0.25) is 5.91 Å². The highest BCUT2D eigenvalue weighted by molar-refractivity contribution is 5.92. The molecule has 0 bridgehead atoms. The van der Waals surface area contributed by atoms with E-state index in [9.17, 15) is 9.18 Å². The van der Waals surface area contributed by atoms with Crippen molar-refractivity contribution in [1.29, 1.82) is 0 Å². The molecule has 1 aromatic heterocycles. The number of hydrogen-bond donors (Lipinski definition) is 1. The first-order chi connectivity index (χ1) is 12.4. The molecule has 134 valence electrons. The standard InChI is InChI=1S/C20H21FN4O/c1-13(12-25-15(3)22-14(2)24-25)20(26)23-19-9-7-16(8-10-19)17-5-4-6-18(21)11-17/h4-11,13H,12H2,1-3H3,(H,23,26)/t13-/m0/s1. The van der Waals surface area contributed by atoms with Gasteiger partial charge in [-0.3, -0.25) is 4.79 Å². The molecule has 0 aliphatic heterocycles. The Hall–Kier alpha value is -3.02. The Morgan fingerprint density at radius 1 is 1.15 bits per heavy atom. The van der Waals surface area contributed by atoms with Crippen molar-refractivity contribution in [2.75, 3.05) is 5.32 Å². The first kappa shape index (κ1) is 17.8. The molecule has 0 spiro atoms. The third kappa shape index (κ3) is 4.14. The lowest BCUT2D eigenvalue weighted by molar-refractivity contribution is -0.119. The average molecular weight is 352 g/mol. The summed E-state index contributed by atoms with van der Waals surface area (Å²) in [5, 5.41) is 7.19. The maximum absolute atomic E-state index is 13.3. The lowest BCUT2D eigenvalue weighted by Crippen LogP contribution is -2.25. The summed E-state index contributed by atoms with van der Waals surface area (Å²) in [7, 11) is 0. The molecule has 3 rings (SSSR count). The van der Waals surface area contributed by atoms with Crippen LogP contribution in [0.2, 0.25) is 0 Å². The Labute approximate surface area is 151 Å². The highest BCUT2D eigenvalue weighted by Crippen LogP contribution is 2.22. The smallest absolute Gasteiger partial charge is 0.229 e. The van der Waals surface area contributed by atoms with Crippen molar-refractivity contribution >= 4 is 11.6 Å². The highest BCUT2D eigenvalue weighted by atomic mass is 19.1. The van der Waals surface area contributed by atoms with E-state index in [0.29, 0.717) is 18.1 Å². The minimum atomic E-state index is -0.271. The van der Waals surface area contributed by atoms with Crippen LogP contribution in [0.15, 0.2) is 48.5 Å². The van der Waals surface area contributed by atoms with Gasteiger partial charge in [-0.15, -0.1) is 0 Å². The molecule has 6 heteroatoms. The van der Waals surface area contributed by atoms with Gasteiger partial charge in [0.25, 0.3) is 0 Å². The lowest BCUT2D eigenvalue weighted by atomic mass is 10.1. The third-order valence-corrected chi connectivity index (χ3v) is 4.17. The Kier molecular flexibility index (Phi) is 5.11. The summed E-state index contributed by atoms with van der Waals surface area (Å²) in [4.78, 5) is 16.7. The molecule has 0 unspecified atom stereocenters. The summed E-state index contributed by atoms with van der Waals surface area (Å²) in [5.74, 6) is 0.880. The number of nitrogens with one attached hydrogen (secondary N) is 1. The first-order valence-corrected chi connectivity index (χ1v) is 8.47. The number of aryl methyl sites for hydroxylation is 2. The molecule has 5 nitrogen and oxygen atoms in total. The minimum absolute atomic E-state index is 0.0870. The quantitative estimate of drug-likeness (QED) is 0.756. The molecule has 0 saturated carbocycles. The second-order valence-electron chi connectivity index (χ2n) is 6.37. The van der Waals surface area contributed by atoms with Crippen LogP contribution in [0.5, 0.6) is 0 Å². The van der Waals surface area contributed by atoms with Crippen LogP contribution in [-0.4, -0.2) is 20.7 Å². The van der Waals surface area contributed by atoms with Gasteiger partial charge in [0, 0.05) is 5.69 Å². The number of carbonyl (C=O) groups is 1. The zero-order valence-corrected chi connectivity index (χ0v) is 15.0. The second-order valence-corrected chi connectivity index (χ2v) is 6.37. The highest BCUT2D eigenvalue weighted by Gasteiger charge is 2.16. The van der Waals surface area contributed by atoms with Crippen LogP contribution in [0.1, 0.15) is 18.6 Å². The molecule has 0 radical (unpaired) electrons. The third-order valence-electron chi connectivity index (χ3n) is 4.17.